The van der Waals surface area contributed by atoms with Gasteiger partial charge in [0.2, 0.25) is 5.91 Å². The average Bonchev–Trinajstić information content (AvgIpc) is 2.84. The molecule has 0 saturated carbocycles. The molecular weight excluding hydrogens is 460 g/mol. The van der Waals surface area contributed by atoms with Gasteiger partial charge in [-0.25, -0.2) is 9.80 Å². The molecule has 0 radical (unpaired) electrons. The van der Waals surface area contributed by atoms with Crippen molar-refractivity contribution in [1.82, 2.24) is 15.3 Å². The van der Waals surface area contributed by atoms with Crippen molar-refractivity contribution < 1.29 is 29.1 Å². The fourth-order valence-electron chi connectivity index (χ4n) is 3.74. The van der Waals surface area contributed by atoms with Crippen molar-refractivity contribution in [3.8, 4) is 0 Å². The van der Waals surface area contributed by atoms with Gasteiger partial charge < -0.3 is 20.1 Å². The van der Waals surface area contributed by atoms with E-state index < -0.39 is 30.0 Å². The highest BCUT2D eigenvalue weighted by Crippen LogP contribution is 2.28. The molecule has 1 aromatic carbocycles. The summed E-state index contributed by atoms with van der Waals surface area (Å²) >= 11 is 3.32. The number of carbonyl (C=O) groups is 5. The van der Waals surface area contributed by atoms with Crippen molar-refractivity contribution in [2.24, 2.45) is 0 Å². The van der Waals surface area contributed by atoms with Gasteiger partial charge in [0.1, 0.15) is 18.4 Å². The smallest absolute Gasteiger partial charge is 0.405 e. The molecule has 2 aliphatic heterocycles. The summed E-state index contributed by atoms with van der Waals surface area (Å²) in [5.41, 5.74) is 0.473. The Morgan fingerprint density at radius 3 is 2.57 bits per heavy atom. The molecule has 30 heavy (non-hydrogen) atoms. The van der Waals surface area contributed by atoms with Crippen LogP contribution in [0.1, 0.15) is 25.7 Å². The summed E-state index contributed by atoms with van der Waals surface area (Å²) in [5.74, 6) is -1.50. The van der Waals surface area contributed by atoms with Crippen LogP contribution in [-0.2, 0) is 19.2 Å². The van der Waals surface area contributed by atoms with Crippen LogP contribution < -0.4 is 10.2 Å². The van der Waals surface area contributed by atoms with Crippen LogP contribution in [0.3, 0.4) is 0 Å². The first-order valence-electron chi connectivity index (χ1n) is 9.47. The Labute approximate surface area is 180 Å². The molecule has 2 saturated heterocycles. The minimum Gasteiger partial charge on any atom is -0.465 e. The number of nitrogens with zero attached hydrogens (tertiary/aromatic N) is 3. The second-order valence-electron chi connectivity index (χ2n) is 6.99. The predicted molar refractivity (Wildman–Crippen MR) is 108 cm³/mol. The zero-order valence-corrected chi connectivity index (χ0v) is 17.6. The van der Waals surface area contributed by atoms with E-state index in [2.05, 4.69) is 21.2 Å². The topological polar surface area (TPSA) is 127 Å². The number of rotatable bonds is 5. The number of hydrazine groups is 1. The Hall–Kier alpha value is -2.95. The number of anilines is 1. The third-order valence-electron chi connectivity index (χ3n) is 5.11. The quantitative estimate of drug-likeness (QED) is 0.608. The van der Waals surface area contributed by atoms with E-state index in [-0.39, 0.29) is 31.8 Å². The minimum absolute atomic E-state index is 0.0150. The van der Waals surface area contributed by atoms with E-state index in [1.807, 2.05) is 0 Å². The number of halogens is 1. The first kappa shape index (κ1) is 21.8. The van der Waals surface area contributed by atoms with Gasteiger partial charge in [-0.15, -0.1) is 0 Å². The van der Waals surface area contributed by atoms with E-state index in [1.165, 1.54) is 9.91 Å². The van der Waals surface area contributed by atoms with Gasteiger partial charge in [0.25, 0.3) is 11.8 Å². The van der Waals surface area contributed by atoms with E-state index in [9.17, 15) is 24.0 Å². The summed E-state index contributed by atoms with van der Waals surface area (Å²) in [4.78, 5) is 62.7. The molecule has 0 unspecified atom stereocenters. The van der Waals surface area contributed by atoms with Crippen molar-refractivity contribution in [3.05, 3.63) is 28.7 Å². The van der Waals surface area contributed by atoms with Crippen LogP contribution in [0.25, 0.3) is 0 Å². The Kier molecular flexibility index (Phi) is 6.70. The second kappa shape index (κ2) is 9.24. The van der Waals surface area contributed by atoms with Crippen LogP contribution in [0.15, 0.2) is 28.7 Å². The number of carboxylic acid groups (broad SMARTS) is 1. The molecule has 0 aliphatic carbocycles. The lowest BCUT2D eigenvalue weighted by Gasteiger charge is -2.44. The maximum absolute atomic E-state index is 13.4. The van der Waals surface area contributed by atoms with Gasteiger partial charge in [0.05, 0.1) is 6.54 Å². The third kappa shape index (κ3) is 4.45. The van der Waals surface area contributed by atoms with Gasteiger partial charge in [-0.1, -0.05) is 15.9 Å². The van der Waals surface area contributed by atoms with E-state index in [4.69, 9.17) is 5.11 Å². The summed E-state index contributed by atoms with van der Waals surface area (Å²) < 4.78 is 0.796. The number of amides is 4. The highest BCUT2D eigenvalue weighted by molar-refractivity contribution is 9.10. The number of benzene rings is 1. The Morgan fingerprint density at radius 1 is 1.23 bits per heavy atom. The van der Waals surface area contributed by atoms with Crippen molar-refractivity contribution in [3.63, 3.8) is 0 Å². The Bertz CT molecular complexity index is 861. The van der Waals surface area contributed by atoms with Crippen LogP contribution in [0, 0.1) is 0 Å². The molecule has 11 heteroatoms. The molecule has 160 valence electrons. The molecule has 2 N–H and O–H groups in total. The zero-order valence-electron chi connectivity index (χ0n) is 16.0. The minimum atomic E-state index is -1.38. The number of hydrogen-bond donors (Lipinski definition) is 2. The van der Waals surface area contributed by atoms with Crippen LogP contribution in [0.5, 0.6) is 0 Å². The molecule has 4 amide bonds. The van der Waals surface area contributed by atoms with Crippen LogP contribution in [0.2, 0.25) is 0 Å². The summed E-state index contributed by atoms with van der Waals surface area (Å²) in [6.45, 7) is 0.0455. The molecule has 0 spiro atoms. The van der Waals surface area contributed by atoms with Crippen molar-refractivity contribution in [2.75, 3.05) is 18.0 Å². The highest BCUT2D eigenvalue weighted by atomic mass is 79.9. The normalized spacial score (nSPS) is 21.5. The van der Waals surface area contributed by atoms with Crippen molar-refractivity contribution >= 4 is 51.7 Å². The number of nitrogens with one attached hydrogen (secondary N) is 1. The lowest BCUT2D eigenvalue weighted by molar-refractivity contribution is -0.175. The molecular formula is C19H21BrN4O6. The van der Waals surface area contributed by atoms with Gasteiger partial charge in [0.15, 0.2) is 0 Å². The lowest BCUT2D eigenvalue weighted by Crippen LogP contribution is -2.64. The van der Waals surface area contributed by atoms with Crippen LogP contribution >= 0.6 is 15.9 Å². The van der Waals surface area contributed by atoms with Gasteiger partial charge in [-0.3, -0.25) is 19.4 Å². The van der Waals surface area contributed by atoms with Gasteiger partial charge in [0, 0.05) is 23.1 Å². The average molecular weight is 481 g/mol. The number of aldehydes is 1. The molecule has 10 nitrogen and oxygen atoms in total. The van der Waals surface area contributed by atoms with E-state index in [0.717, 1.165) is 9.48 Å². The van der Waals surface area contributed by atoms with Gasteiger partial charge in [-0.2, -0.15) is 0 Å². The van der Waals surface area contributed by atoms with E-state index >= 15 is 0 Å². The molecule has 2 fully saturated rings. The van der Waals surface area contributed by atoms with Crippen molar-refractivity contribution in [2.45, 2.75) is 37.8 Å². The van der Waals surface area contributed by atoms with Gasteiger partial charge in [-0.05, 0) is 43.5 Å². The standard InChI is InChI=1S/C19H21BrN4O6/c20-12-3-5-13(6-4-12)22(10-11-25)18(28)15-2-1-9-23-16(26)8-7-14(21-19(29)30)17(27)24(15)23/h3-6,11,14-15,21H,1-2,7-10H2,(H,29,30)/t14-,15-/m0/s1. The fraction of sp³-hybridized carbons (Fsp3) is 0.421. The van der Waals surface area contributed by atoms with Crippen molar-refractivity contribution in [1.29, 1.82) is 0 Å². The maximum atomic E-state index is 13.4. The van der Waals surface area contributed by atoms with E-state index in [0.29, 0.717) is 24.8 Å². The maximum Gasteiger partial charge on any atom is 0.405 e. The summed E-state index contributed by atoms with van der Waals surface area (Å²) in [6, 6.07) is 4.63. The fourth-order valence-corrected chi connectivity index (χ4v) is 4.00. The molecule has 2 heterocycles. The van der Waals surface area contributed by atoms with Gasteiger partial charge >= 0.3 is 6.09 Å². The van der Waals surface area contributed by atoms with E-state index in [1.54, 1.807) is 24.3 Å². The predicted octanol–water partition coefficient (Wildman–Crippen LogP) is 1.15. The largest absolute Gasteiger partial charge is 0.465 e. The zero-order chi connectivity index (χ0) is 21.8. The van der Waals surface area contributed by atoms with Crippen LogP contribution in [0.4, 0.5) is 10.5 Å². The third-order valence-corrected chi connectivity index (χ3v) is 5.63. The number of fused-ring (bicyclic) bond motifs is 1. The number of hydrogen-bond acceptors (Lipinski definition) is 5. The summed E-state index contributed by atoms with van der Waals surface area (Å²) in [6.07, 6.45) is -0.00335. The molecule has 0 bridgehead atoms. The number of carbonyl (C=O) groups excluding carboxylic acids is 4. The van der Waals surface area contributed by atoms with Crippen LogP contribution in [-0.4, -0.2) is 70.4 Å². The monoisotopic (exact) mass is 480 g/mol. The molecule has 1 aromatic rings. The highest BCUT2D eigenvalue weighted by Gasteiger charge is 2.45. The lowest BCUT2D eigenvalue weighted by atomic mass is 10.0. The second-order valence-corrected chi connectivity index (χ2v) is 7.91. The summed E-state index contributed by atoms with van der Waals surface area (Å²) in [5, 5.41) is 13.5. The first-order chi connectivity index (χ1) is 14.3. The Balaban J connectivity index is 1.95. The molecule has 2 aliphatic rings. The summed E-state index contributed by atoms with van der Waals surface area (Å²) in [7, 11) is 0. The first-order valence-corrected chi connectivity index (χ1v) is 10.3. The SMILES string of the molecule is O=CCN(C(=O)[C@@H]1CCCN2C(=O)CC[C@H](NC(=O)O)C(=O)N12)c1ccc(Br)cc1. The molecule has 0 aromatic heterocycles. The molecule has 2 atom stereocenters. The molecule has 3 rings (SSSR count). The Morgan fingerprint density at radius 2 is 1.93 bits per heavy atom.